The van der Waals surface area contributed by atoms with Crippen LogP contribution in [0.3, 0.4) is 0 Å². The molecule has 0 bridgehead atoms. The molecule has 0 aromatic heterocycles. The highest BCUT2D eigenvalue weighted by Crippen LogP contribution is 2.22. The molecule has 1 amide bonds. The number of likely N-dealkylation sites (tertiary alicyclic amines) is 1. The quantitative estimate of drug-likeness (QED) is 0.521. The van der Waals surface area contributed by atoms with Crippen LogP contribution in [0.4, 0.5) is 0 Å². The molecule has 2 atom stereocenters. The molecular weight excluding hydrogens is 424 g/mol. The Labute approximate surface area is 204 Å². The lowest BCUT2D eigenvalue weighted by Gasteiger charge is -2.22. The van der Waals surface area contributed by atoms with E-state index in [1.54, 1.807) is 6.92 Å². The first-order valence-electron chi connectivity index (χ1n) is 12.6. The van der Waals surface area contributed by atoms with Crippen molar-refractivity contribution in [2.75, 3.05) is 13.1 Å². The number of ether oxygens (including phenoxy) is 1. The number of nitrogens with zero attached hydrogens (tertiary/aromatic N) is 1. The molecule has 1 N–H and O–H groups in total. The highest BCUT2D eigenvalue weighted by molar-refractivity contribution is 5.84. The van der Waals surface area contributed by atoms with Crippen molar-refractivity contribution in [1.82, 2.24) is 10.2 Å². The third-order valence-corrected chi connectivity index (χ3v) is 6.40. The molecule has 1 aliphatic rings. The van der Waals surface area contributed by atoms with Crippen molar-refractivity contribution >= 4 is 11.9 Å². The Hall–Kier alpha value is -2.66. The second-order valence-electron chi connectivity index (χ2n) is 10.5. The number of hydrogen-bond acceptors (Lipinski definition) is 4. The van der Waals surface area contributed by atoms with Crippen LogP contribution in [0.1, 0.15) is 65.0 Å². The summed E-state index contributed by atoms with van der Waals surface area (Å²) in [5.41, 5.74) is 4.29. The summed E-state index contributed by atoms with van der Waals surface area (Å²) in [5, 5.41) is 2.73. The second kappa shape index (κ2) is 11.7. The van der Waals surface area contributed by atoms with E-state index in [2.05, 4.69) is 65.7 Å². The number of aryl methyl sites for hydroxylation is 1. The van der Waals surface area contributed by atoms with Gasteiger partial charge in [0, 0.05) is 19.0 Å². The Bertz CT molecular complexity index is 945. The zero-order valence-electron chi connectivity index (χ0n) is 21.4. The van der Waals surface area contributed by atoms with Crippen molar-refractivity contribution in [3.8, 4) is 11.1 Å². The Morgan fingerprint density at radius 3 is 2.06 bits per heavy atom. The van der Waals surface area contributed by atoms with E-state index in [1.165, 1.54) is 36.1 Å². The highest BCUT2D eigenvalue weighted by Gasteiger charge is 2.23. The van der Waals surface area contributed by atoms with E-state index in [0.717, 1.165) is 24.6 Å². The molecule has 1 saturated heterocycles. The largest absolute Gasteiger partial charge is 0.458 e. The van der Waals surface area contributed by atoms with Gasteiger partial charge in [-0.15, -0.1) is 0 Å². The van der Waals surface area contributed by atoms with Gasteiger partial charge in [-0.3, -0.25) is 4.79 Å². The Kier molecular flexibility index (Phi) is 8.90. The van der Waals surface area contributed by atoms with Crippen molar-refractivity contribution in [1.29, 1.82) is 0 Å². The molecule has 184 valence electrons. The average Bonchev–Trinajstić information content (AvgIpc) is 3.20. The normalized spacial score (nSPS) is 17.4. The van der Waals surface area contributed by atoms with Crippen LogP contribution in [-0.4, -0.2) is 47.6 Å². The molecule has 0 spiro atoms. The van der Waals surface area contributed by atoms with E-state index < -0.39 is 17.6 Å². The Balaban J connectivity index is 1.45. The Morgan fingerprint density at radius 1 is 1.00 bits per heavy atom. The number of nitrogens with one attached hydrogen (secondary N) is 1. The predicted octanol–water partition coefficient (Wildman–Crippen LogP) is 5.16. The number of rotatable bonds is 9. The average molecular weight is 465 g/mol. The van der Waals surface area contributed by atoms with Gasteiger partial charge in [0.1, 0.15) is 11.6 Å². The summed E-state index contributed by atoms with van der Waals surface area (Å²) >= 11 is 0. The standard InChI is InChI=1S/C29H40N2O3/c1-21-7-6-19-31(21)20-18-24-10-15-26(16-11-24)25-13-8-23(9-14-25)12-17-27(32)30-22(2)28(33)34-29(3,4)5/h8-11,13-16,21-22H,6-7,12,17-20H2,1-5H3,(H,30,32)/t21-,22+/m1/s1. The van der Waals surface area contributed by atoms with Crippen molar-refractivity contribution in [3.05, 3.63) is 59.7 Å². The summed E-state index contributed by atoms with van der Waals surface area (Å²) in [6, 6.07) is 17.3. The lowest BCUT2D eigenvalue weighted by Crippen LogP contribution is -2.42. The van der Waals surface area contributed by atoms with E-state index in [1.807, 2.05) is 20.8 Å². The van der Waals surface area contributed by atoms with Crippen molar-refractivity contribution < 1.29 is 14.3 Å². The van der Waals surface area contributed by atoms with Gasteiger partial charge in [-0.05, 0) is 89.1 Å². The molecule has 0 unspecified atom stereocenters. The van der Waals surface area contributed by atoms with Gasteiger partial charge in [-0.25, -0.2) is 4.79 Å². The van der Waals surface area contributed by atoms with E-state index in [9.17, 15) is 9.59 Å². The maximum atomic E-state index is 12.3. The van der Waals surface area contributed by atoms with Gasteiger partial charge in [-0.1, -0.05) is 48.5 Å². The number of carbonyl (C=O) groups is 2. The molecule has 0 aliphatic carbocycles. The summed E-state index contributed by atoms with van der Waals surface area (Å²) in [6.07, 6.45) is 4.70. The minimum absolute atomic E-state index is 0.152. The van der Waals surface area contributed by atoms with E-state index in [4.69, 9.17) is 4.74 Å². The third-order valence-electron chi connectivity index (χ3n) is 6.40. The molecule has 5 heteroatoms. The maximum absolute atomic E-state index is 12.3. The number of carbonyl (C=O) groups excluding carboxylic acids is 2. The van der Waals surface area contributed by atoms with Gasteiger partial charge in [0.25, 0.3) is 0 Å². The van der Waals surface area contributed by atoms with Crippen LogP contribution < -0.4 is 5.32 Å². The number of amides is 1. The van der Waals surface area contributed by atoms with Crippen LogP contribution in [0, 0.1) is 0 Å². The van der Waals surface area contributed by atoms with Gasteiger partial charge in [0.15, 0.2) is 0 Å². The first-order chi connectivity index (χ1) is 16.1. The van der Waals surface area contributed by atoms with Crippen LogP contribution in [-0.2, 0) is 27.2 Å². The molecule has 34 heavy (non-hydrogen) atoms. The molecule has 2 aromatic carbocycles. The van der Waals surface area contributed by atoms with Crippen LogP contribution in [0.2, 0.25) is 0 Å². The molecule has 3 rings (SSSR count). The predicted molar refractivity (Wildman–Crippen MR) is 138 cm³/mol. The number of hydrogen-bond donors (Lipinski definition) is 1. The highest BCUT2D eigenvalue weighted by atomic mass is 16.6. The maximum Gasteiger partial charge on any atom is 0.328 e. The molecule has 0 radical (unpaired) electrons. The second-order valence-corrected chi connectivity index (χ2v) is 10.5. The van der Waals surface area contributed by atoms with Gasteiger partial charge in [-0.2, -0.15) is 0 Å². The molecule has 1 fully saturated rings. The smallest absolute Gasteiger partial charge is 0.328 e. The number of benzene rings is 2. The zero-order chi connectivity index (χ0) is 24.7. The summed E-state index contributed by atoms with van der Waals surface area (Å²) in [6.45, 7) is 11.8. The molecule has 1 aliphatic heterocycles. The summed E-state index contributed by atoms with van der Waals surface area (Å²) in [7, 11) is 0. The van der Waals surface area contributed by atoms with Crippen molar-refractivity contribution in [3.63, 3.8) is 0 Å². The lowest BCUT2D eigenvalue weighted by molar-refractivity contribution is -0.158. The fraction of sp³-hybridized carbons (Fsp3) is 0.517. The SMILES string of the molecule is C[C@H](NC(=O)CCc1ccc(-c2ccc(CCN3CCC[C@H]3C)cc2)cc1)C(=O)OC(C)(C)C. The third kappa shape index (κ3) is 7.98. The van der Waals surface area contributed by atoms with Crippen molar-refractivity contribution in [2.45, 2.75) is 84.4 Å². The first kappa shape index (κ1) is 26.0. The van der Waals surface area contributed by atoms with Crippen molar-refractivity contribution in [2.24, 2.45) is 0 Å². The first-order valence-corrected chi connectivity index (χ1v) is 12.6. The molecular formula is C29H40N2O3. The summed E-state index contributed by atoms with van der Waals surface area (Å²) < 4.78 is 5.31. The number of esters is 1. The lowest BCUT2D eigenvalue weighted by atomic mass is 10.00. The Morgan fingerprint density at radius 2 is 1.56 bits per heavy atom. The minimum atomic E-state index is -0.657. The van der Waals surface area contributed by atoms with Crippen LogP contribution in [0.15, 0.2) is 48.5 Å². The molecule has 0 saturated carbocycles. The van der Waals surface area contributed by atoms with E-state index in [0.29, 0.717) is 12.8 Å². The van der Waals surface area contributed by atoms with E-state index >= 15 is 0 Å². The summed E-state index contributed by atoms with van der Waals surface area (Å²) in [5.74, 6) is -0.567. The zero-order valence-corrected chi connectivity index (χ0v) is 21.4. The topological polar surface area (TPSA) is 58.6 Å². The minimum Gasteiger partial charge on any atom is -0.458 e. The van der Waals surface area contributed by atoms with Crippen LogP contribution >= 0.6 is 0 Å². The van der Waals surface area contributed by atoms with Crippen LogP contribution in [0.5, 0.6) is 0 Å². The fourth-order valence-electron chi connectivity index (χ4n) is 4.35. The monoisotopic (exact) mass is 464 g/mol. The molecule has 1 heterocycles. The summed E-state index contributed by atoms with van der Waals surface area (Å²) in [4.78, 5) is 26.9. The van der Waals surface area contributed by atoms with Crippen LogP contribution in [0.25, 0.3) is 11.1 Å². The van der Waals surface area contributed by atoms with Gasteiger partial charge < -0.3 is 15.0 Å². The van der Waals surface area contributed by atoms with Gasteiger partial charge in [0.2, 0.25) is 5.91 Å². The van der Waals surface area contributed by atoms with E-state index in [-0.39, 0.29) is 5.91 Å². The van der Waals surface area contributed by atoms with Gasteiger partial charge in [0.05, 0.1) is 0 Å². The van der Waals surface area contributed by atoms with Gasteiger partial charge >= 0.3 is 5.97 Å². The molecule has 5 nitrogen and oxygen atoms in total. The molecule has 2 aromatic rings. The fourth-order valence-corrected chi connectivity index (χ4v) is 4.35.